The van der Waals surface area contributed by atoms with Crippen molar-refractivity contribution < 1.29 is 23.8 Å². The smallest absolute Gasteiger partial charge is 0.512 e. The number of rotatable bonds is 10. The highest BCUT2D eigenvalue weighted by atomic mass is 19.1. The van der Waals surface area contributed by atoms with Gasteiger partial charge in [0.05, 0.1) is 6.61 Å². The van der Waals surface area contributed by atoms with Crippen molar-refractivity contribution in [3.63, 3.8) is 0 Å². The van der Waals surface area contributed by atoms with Gasteiger partial charge in [-0.3, -0.25) is 0 Å². The molecule has 6 heteroatoms. The molecule has 0 aliphatic heterocycles. The van der Waals surface area contributed by atoms with Gasteiger partial charge >= 0.3 is 7.32 Å². The van der Waals surface area contributed by atoms with Crippen LogP contribution in [0.4, 0.5) is 4.39 Å². The molecule has 0 heterocycles. The summed E-state index contributed by atoms with van der Waals surface area (Å²) in [5, 5.41) is 17.2. The van der Waals surface area contributed by atoms with Gasteiger partial charge in [-0.15, -0.1) is 0 Å². The Morgan fingerprint density at radius 3 is 2.45 bits per heavy atom. The molecule has 4 nitrogen and oxygen atoms in total. The second-order valence-corrected chi connectivity index (χ2v) is 4.65. The van der Waals surface area contributed by atoms with Crippen LogP contribution in [0.3, 0.4) is 0 Å². The molecular formula is C14H22BFO4. The zero-order valence-electron chi connectivity index (χ0n) is 11.8. The van der Waals surface area contributed by atoms with Gasteiger partial charge in [-0.25, -0.2) is 4.39 Å². The van der Waals surface area contributed by atoms with E-state index in [9.17, 15) is 4.39 Å². The highest BCUT2D eigenvalue weighted by Crippen LogP contribution is 2.23. The Labute approximate surface area is 119 Å². The Morgan fingerprint density at radius 1 is 1.10 bits per heavy atom. The molecule has 112 valence electrons. The lowest BCUT2D eigenvalue weighted by molar-refractivity contribution is 0.280. The average Bonchev–Trinajstić information content (AvgIpc) is 2.39. The van der Waals surface area contributed by atoms with Gasteiger partial charge in [0.15, 0.2) is 11.6 Å². The normalized spacial score (nSPS) is 10.4. The van der Waals surface area contributed by atoms with Crippen molar-refractivity contribution in [1.29, 1.82) is 0 Å². The third-order valence-electron chi connectivity index (χ3n) is 2.90. The van der Waals surface area contributed by atoms with E-state index in [0.717, 1.165) is 18.9 Å². The highest BCUT2D eigenvalue weighted by Gasteiger charge is 2.13. The van der Waals surface area contributed by atoms with Gasteiger partial charge in [-0.1, -0.05) is 39.0 Å². The number of hydrogen-bond donors (Lipinski definition) is 2. The summed E-state index contributed by atoms with van der Waals surface area (Å²) < 4.78 is 23.5. The maximum absolute atomic E-state index is 13.6. The Kier molecular flexibility index (Phi) is 8.07. The summed E-state index contributed by atoms with van der Waals surface area (Å²) in [7, 11) is -1.95. The van der Waals surface area contributed by atoms with E-state index in [0.29, 0.717) is 6.61 Å². The zero-order valence-corrected chi connectivity index (χ0v) is 11.8. The topological polar surface area (TPSA) is 58.9 Å². The van der Waals surface area contributed by atoms with Crippen molar-refractivity contribution in [2.24, 2.45) is 0 Å². The Morgan fingerprint density at radius 2 is 1.80 bits per heavy atom. The maximum Gasteiger partial charge on any atom is 0.707 e. The van der Waals surface area contributed by atoms with Crippen LogP contribution in [0, 0.1) is 5.82 Å². The van der Waals surface area contributed by atoms with Crippen LogP contribution in [-0.4, -0.2) is 24.0 Å². The summed E-state index contributed by atoms with van der Waals surface area (Å²) in [5.41, 5.74) is 0. The Balaban J connectivity index is 2.26. The summed E-state index contributed by atoms with van der Waals surface area (Å²) in [6.45, 7) is 2.65. The van der Waals surface area contributed by atoms with E-state index in [1.807, 2.05) is 0 Å². The molecule has 1 rings (SSSR count). The van der Waals surface area contributed by atoms with Crippen LogP contribution in [0.15, 0.2) is 18.2 Å². The highest BCUT2D eigenvalue weighted by molar-refractivity contribution is 6.33. The van der Waals surface area contributed by atoms with E-state index in [1.54, 1.807) is 0 Å². The van der Waals surface area contributed by atoms with Crippen LogP contribution >= 0.6 is 0 Å². The van der Waals surface area contributed by atoms with E-state index in [4.69, 9.17) is 14.8 Å². The Bertz CT molecular complexity index is 387. The first-order valence-corrected chi connectivity index (χ1v) is 7.08. The fourth-order valence-electron chi connectivity index (χ4n) is 1.86. The van der Waals surface area contributed by atoms with E-state index in [1.165, 1.54) is 37.8 Å². The Hall–Kier alpha value is -1.27. The maximum atomic E-state index is 13.6. The number of halogens is 1. The summed E-state index contributed by atoms with van der Waals surface area (Å²) in [5.74, 6) is -0.378. The molecule has 0 amide bonds. The molecule has 0 bridgehead atoms. The average molecular weight is 284 g/mol. The van der Waals surface area contributed by atoms with Crippen LogP contribution in [0.25, 0.3) is 0 Å². The second-order valence-electron chi connectivity index (χ2n) is 4.65. The van der Waals surface area contributed by atoms with Gasteiger partial charge in [-0.2, -0.15) is 0 Å². The van der Waals surface area contributed by atoms with Gasteiger partial charge in [0, 0.05) is 6.07 Å². The van der Waals surface area contributed by atoms with Crippen molar-refractivity contribution in [3.05, 3.63) is 24.0 Å². The largest absolute Gasteiger partial charge is 0.707 e. The second kappa shape index (κ2) is 9.61. The summed E-state index contributed by atoms with van der Waals surface area (Å²) in [6, 6.07) is 3.92. The first-order chi connectivity index (χ1) is 9.63. The fraction of sp³-hybridized carbons (Fsp3) is 0.571. The monoisotopic (exact) mass is 284 g/mol. The van der Waals surface area contributed by atoms with Crippen molar-refractivity contribution in [2.75, 3.05) is 6.61 Å². The summed E-state index contributed by atoms with van der Waals surface area (Å²) in [6.07, 6.45) is 6.88. The van der Waals surface area contributed by atoms with Crippen LogP contribution in [0.5, 0.6) is 11.5 Å². The number of hydrogen-bond acceptors (Lipinski definition) is 4. The number of ether oxygens (including phenoxy) is 1. The quantitative estimate of drug-likeness (QED) is 0.512. The summed E-state index contributed by atoms with van der Waals surface area (Å²) >= 11 is 0. The van der Waals surface area contributed by atoms with Gasteiger partial charge in [0.25, 0.3) is 0 Å². The molecule has 2 N–H and O–H groups in total. The minimum atomic E-state index is -1.95. The molecule has 0 radical (unpaired) electrons. The van der Waals surface area contributed by atoms with Gasteiger partial charge in [0.2, 0.25) is 0 Å². The number of benzene rings is 1. The first-order valence-electron chi connectivity index (χ1n) is 7.08. The van der Waals surface area contributed by atoms with E-state index < -0.39 is 13.1 Å². The lowest BCUT2D eigenvalue weighted by atomic mass is 10.1. The number of unbranched alkanes of at least 4 members (excludes halogenated alkanes) is 5. The van der Waals surface area contributed by atoms with Crippen molar-refractivity contribution >= 4 is 7.32 Å². The molecule has 0 fully saturated rings. The third-order valence-corrected chi connectivity index (χ3v) is 2.90. The first kappa shape index (κ1) is 16.8. The molecule has 1 aromatic rings. The fourth-order valence-corrected chi connectivity index (χ4v) is 1.86. The third kappa shape index (κ3) is 6.77. The molecule has 0 atom stereocenters. The van der Waals surface area contributed by atoms with Crippen LogP contribution in [0.2, 0.25) is 0 Å². The van der Waals surface area contributed by atoms with Crippen LogP contribution in [0.1, 0.15) is 45.4 Å². The van der Waals surface area contributed by atoms with E-state index in [-0.39, 0.29) is 11.5 Å². The van der Waals surface area contributed by atoms with Gasteiger partial charge in [-0.05, 0) is 18.6 Å². The molecule has 20 heavy (non-hydrogen) atoms. The zero-order chi connectivity index (χ0) is 14.8. The van der Waals surface area contributed by atoms with Gasteiger partial charge in [0.1, 0.15) is 5.75 Å². The minimum absolute atomic E-state index is 0.0458. The molecule has 0 spiro atoms. The van der Waals surface area contributed by atoms with Crippen LogP contribution < -0.4 is 9.39 Å². The molecule has 0 unspecified atom stereocenters. The van der Waals surface area contributed by atoms with Crippen molar-refractivity contribution in [2.45, 2.75) is 45.4 Å². The SMILES string of the molecule is CCCCCCCCOc1ccc(OB(O)O)cc1F. The molecule has 0 aromatic heterocycles. The lowest BCUT2D eigenvalue weighted by Crippen LogP contribution is -2.20. The van der Waals surface area contributed by atoms with Gasteiger partial charge < -0.3 is 19.4 Å². The van der Waals surface area contributed by atoms with Crippen molar-refractivity contribution in [3.8, 4) is 11.5 Å². The molecule has 0 saturated carbocycles. The molecule has 0 aliphatic carbocycles. The minimum Gasteiger partial charge on any atom is -0.512 e. The molecule has 1 aromatic carbocycles. The van der Waals surface area contributed by atoms with E-state index >= 15 is 0 Å². The van der Waals surface area contributed by atoms with Crippen molar-refractivity contribution in [1.82, 2.24) is 0 Å². The lowest BCUT2D eigenvalue weighted by Gasteiger charge is -2.09. The predicted molar refractivity (Wildman–Crippen MR) is 76.1 cm³/mol. The van der Waals surface area contributed by atoms with E-state index in [2.05, 4.69) is 11.6 Å². The standard InChI is InChI=1S/C14H22BFO4/c1-2-3-4-5-6-7-10-19-14-9-8-12(11-13(14)16)20-15(17)18/h8-9,11,17-18H,2-7,10H2,1H3. The molecular weight excluding hydrogens is 262 g/mol. The predicted octanol–water partition coefficient (Wildman–Crippen LogP) is 2.91. The van der Waals surface area contributed by atoms with Crippen LogP contribution in [-0.2, 0) is 0 Å². The molecule has 0 saturated heterocycles. The molecule has 0 aliphatic rings. The summed E-state index contributed by atoms with van der Waals surface area (Å²) in [4.78, 5) is 0.